The Hall–Kier alpha value is -3.15. The molecule has 0 aliphatic rings. The van der Waals surface area contributed by atoms with Crippen LogP contribution in [0.25, 0.3) is 21.9 Å². The highest BCUT2D eigenvalue weighted by Crippen LogP contribution is 2.24. The van der Waals surface area contributed by atoms with E-state index in [1.165, 1.54) is 26.0 Å². The van der Waals surface area contributed by atoms with Crippen LogP contribution in [-0.2, 0) is 9.59 Å². The lowest BCUT2D eigenvalue weighted by Gasteiger charge is -2.06. The number of ether oxygens (including phenoxy) is 1. The Morgan fingerprint density at radius 1 is 1.00 bits per heavy atom. The van der Waals surface area contributed by atoms with E-state index in [2.05, 4.69) is 5.32 Å². The molecule has 1 aromatic heterocycles. The second-order valence-electron chi connectivity index (χ2n) is 5.07. The van der Waals surface area contributed by atoms with Crippen LogP contribution < -0.4 is 15.5 Å². The van der Waals surface area contributed by atoms with Crippen LogP contribution >= 0.6 is 0 Å². The number of esters is 1. The molecule has 2 aromatic carbocycles. The van der Waals surface area contributed by atoms with Crippen molar-refractivity contribution in [3.05, 3.63) is 46.6 Å². The third kappa shape index (κ3) is 2.91. The van der Waals surface area contributed by atoms with Crippen molar-refractivity contribution >= 4 is 39.5 Å². The van der Waals surface area contributed by atoms with E-state index < -0.39 is 5.97 Å². The molecule has 1 heterocycles. The molecule has 0 unspecified atom stereocenters. The summed E-state index contributed by atoms with van der Waals surface area (Å²) in [5.74, 6) is -0.365. The van der Waals surface area contributed by atoms with Crippen LogP contribution in [0.4, 0.5) is 5.69 Å². The molecule has 6 nitrogen and oxygen atoms in total. The molecule has 0 saturated heterocycles. The SMILES string of the molecule is CC(=O)Nc1ccc2oc3cc(OC(C)=O)ccc3c(=O)c2c1. The Labute approximate surface area is 130 Å². The quantitative estimate of drug-likeness (QED) is 0.447. The van der Waals surface area contributed by atoms with E-state index in [9.17, 15) is 14.4 Å². The normalized spacial score (nSPS) is 10.7. The number of nitrogens with one attached hydrogen (secondary N) is 1. The van der Waals surface area contributed by atoms with Gasteiger partial charge < -0.3 is 14.5 Å². The van der Waals surface area contributed by atoms with E-state index in [4.69, 9.17) is 9.15 Å². The van der Waals surface area contributed by atoms with Gasteiger partial charge in [-0.3, -0.25) is 14.4 Å². The van der Waals surface area contributed by atoms with Gasteiger partial charge in [-0.05, 0) is 30.3 Å². The highest BCUT2D eigenvalue weighted by molar-refractivity contribution is 5.95. The highest BCUT2D eigenvalue weighted by atomic mass is 16.5. The van der Waals surface area contributed by atoms with Crippen molar-refractivity contribution in [1.29, 1.82) is 0 Å². The fourth-order valence-corrected chi connectivity index (χ4v) is 2.35. The third-order valence-corrected chi connectivity index (χ3v) is 3.22. The van der Waals surface area contributed by atoms with Gasteiger partial charge in [0.25, 0.3) is 0 Å². The van der Waals surface area contributed by atoms with Crippen molar-refractivity contribution < 1.29 is 18.7 Å². The van der Waals surface area contributed by atoms with Crippen LogP contribution in [-0.4, -0.2) is 11.9 Å². The summed E-state index contributed by atoms with van der Waals surface area (Å²) < 4.78 is 10.7. The predicted molar refractivity (Wildman–Crippen MR) is 85.6 cm³/mol. The lowest BCUT2D eigenvalue weighted by molar-refractivity contribution is -0.131. The number of carbonyl (C=O) groups is 2. The van der Waals surface area contributed by atoms with Gasteiger partial charge >= 0.3 is 5.97 Å². The molecule has 0 spiro atoms. The average Bonchev–Trinajstić information content (AvgIpc) is 2.47. The standard InChI is InChI=1S/C17H13NO5/c1-9(19)18-11-3-6-15-14(7-11)17(21)13-5-4-12(22-10(2)20)8-16(13)23-15/h3-8H,1-2H3,(H,18,19). The number of carbonyl (C=O) groups excluding carboxylic acids is 2. The van der Waals surface area contributed by atoms with E-state index >= 15 is 0 Å². The number of hydrogen-bond acceptors (Lipinski definition) is 5. The Balaban J connectivity index is 2.20. The first kappa shape index (κ1) is 14.8. The van der Waals surface area contributed by atoms with Crippen LogP contribution in [0.5, 0.6) is 5.75 Å². The Morgan fingerprint density at radius 2 is 1.78 bits per heavy atom. The van der Waals surface area contributed by atoms with E-state index in [1.807, 2.05) is 0 Å². The van der Waals surface area contributed by atoms with Crippen molar-refractivity contribution in [2.45, 2.75) is 13.8 Å². The number of benzene rings is 2. The summed E-state index contributed by atoms with van der Waals surface area (Å²) in [6.07, 6.45) is 0. The average molecular weight is 311 g/mol. The van der Waals surface area contributed by atoms with Crippen molar-refractivity contribution in [3.63, 3.8) is 0 Å². The summed E-state index contributed by atoms with van der Waals surface area (Å²) in [4.78, 5) is 34.7. The molecule has 1 N–H and O–H groups in total. The number of hydrogen-bond donors (Lipinski definition) is 1. The smallest absolute Gasteiger partial charge is 0.308 e. The van der Waals surface area contributed by atoms with Crippen molar-refractivity contribution in [3.8, 4) is 5.75 Å². The number of rotatable bonds is 2. The van der Waals surface area contributed by atoms with Crippen LogP contribution in [0.2, 0.25) is 0 Å². The third-order valence-electron chi connectivity index (χ3n) is 3.22. The minimum atomic E-state index is -0.451. The molecule has 3 aromatic rings. The summed E-state index contributed by atoms with van der Waals surface area (Å²) in [5.41, 5.74) is 1.01. The molecule has 0 aliphatic carbocycles. The molecule has 0 fully saturated rings. The van der Waals surface area contributed by atoms with E-state index in [-0.39, 0.29) is 11.3 Å². The molecule has 116 valence electrons. The van der Waals surface area contributed by atoms with Crippen LogP contribution in [0.1, 0.15) is 13.8 Å². The van der Waals surface area contributed by atoms with E-state index in [0.29, 0.717) is 33.4 Å². The zero-order valence-electron chi connectivity index (χ0n) is 12.5. The van der Waals surface area contributed by atoms with E-state index in [1.54, 1.807) is 24.3 Å². The lowest BCUT2D eigenvalue weighted by Crippen LogP contribution is -2.07. The lowest BCUT2D eigenvalue weighted by atomic mass is 10.1. The Morgan fingerprint density at radius 3 is 2.48 bits per heavy atom. The van der Waals surface area contributed by atoms with Gasteiger partial charge in [-0.25, -0.2) is 0 Å². The van der Waals surface area contributed by atoms with Crippen LogP contribution in [0, 0.1) is 0 Å². The maximum atomic E-state index is 12.6. The van der Waals surface area contributed by atoms with Crippen molar-refractivity contribution in [2.75, 3.05) is 5.32 Å². The van der Waals surface area contributed by atoms with Gasteiger partial charge in [0, 0.05) is 25.6 Å². The molecule has 23 heavy (non-hydrogen) atoms. The van der Waals surface area contributed by atoms with Crippen LogP contribution in [0.15, 0.2) is 45.6 Å². The van der Waals surface area contributed by atoms with Gasteiger partial charge in [0.15, 0.2) is 0 Å². The maximum absolute atomic E-state index is 12.6. The topological polar surface area (TPSA) is 85.6 Å². The molecule has 0 bridgehead atoms. The second kappa shape index (κ2) is 5.57. The molecule has 3 rings (SSSR count). The summed E-state index contributed by atoms with van der Waals surface area (Å²) in [6.45, 7) is 2.69. The van der Waals surface area contributed by atoms with Gasteiger partial charge in [-0.15, -0.1) is 0 Å². The molecule has 6 heteroatoms. The zero-order chi connectivity index (χ0) is 16.6. The van der Waals surface area contributed by atoms with Gasteiger partial charge in [0.05, 0.1) is 10.8 Å². The highest BCUT2D eigenvalue weighted by Gasteiger charge is 2.10. The van der Waals surface area contributed by atoms with Gasteiger partial charge in [0.2, 0.25) is 11.3 Å². The molecule has 0 aliphatic heterocycles. The number of amides is 1. The molecular formula is C17H13NO5. The molecule has 0 saturated carbocycles. The summed E-state index contributed by atoms with van der Waals surface area (Å²) in [5, 5.41) is 3.36. The fourth-order valence-electron chi connectivity index (χ4n) is 2.35. The molecular weight excluding hydrogens is 298 g/mol. The summed E-state index contributed by atoms with van der Waals surface area (Å²) >= 11 is 0. The Kier molecular flexibility index (Phi) is 3.57. The molecule has 1 amide bonds. The predicted octanol–water partition coefficient (Wildman–Crippen LogP) is 2.83. The van der Waals surface area contributed by atoms with E-state index in [0.717, 1.165) is 0 Å². The minimum Gasteiger partial charge on any atom is -0.456 e. The zero-order valence-corrected chi connectivity index (χ0v) is 12.5. The first-order chi connectivity index (χ1) is 10.9. The van der Waals surface area contributed by atoms with Crippen LogP contribution in [0.3, 0.4) is 0 Å². The van der Waals surface area contributed by atoms with Crippen molar-refractivity contribution in [1.82, 2.24) is 0 Å². The monoisotopic (exact) mass is 311 g/mol. The molecule has 0 atom stereocenters. The fraction of sp³-hybridized carbons (Fsp3) is 0.118. The summed E-state index contributed by atoms with van der Waals surface area (Å²) in [7, 11) is 0. The van der Waals surface area contributed by atoms with Gasteiger partial charge in [0.1, 0.15) is 16.9 Å². The minimum absolute atomic E-state index is 0.220. The molecule has 0 radical (unpaired) electrons. The number of fused-ring (bicyclic) bond motifs is 2. The van der Waals surface area contributed by atoms with Gasteiger partial charge in [-0.1, -0.05) is 0 Å². The Bertz CT molecular complexity index is 1000. The first-order valence-electron chi connectivity index (χ1n) is 6.90. The summed E-state index contributed by atoms with van der Waals surface area (Å²) in [6, 6.07) is 9.41. The first-order valence-corrected chi connectivity index (χ1v) is 6.90. The maximum Gasteiger partial charge on any atom is 0.308 e. The second-order valence-corrected chi connectivity index (χ2v) is 5.07. The van der Waals surface area contributed by atoms with Gasteiger partial charge in [-0.2, -0.15) is 0 Å². The largest absolute Gasteiger partial charge is 0.456 e. The van der Waals surface area contributed by atoms with Crippen molar-refractivity contribution in [2.24, 2.45) is 0 Å². The number of anilines is 1.